The monoisotopic (exact) mass is 277 g/mol. The largest absolute Gasteiger partial charge is 0.480 e. The normalized spacial score (nSPS) is 21.4. The van der Waals surface area contributed by atoms with Crippen LogP contribution in [-0.2, 0) is 14.8 Å². The van der Waals surface area contributed by atoms with E-state index in [0.717, 1.165) is 19.3 Å². The average Bonchev–Trinajstić information content (AvgIpc) is 2.29. The number of sulfonamides is 1. The maximum Gasteiger partial charge on any atom is 0.324 e. The smallest absolute Gasteiger partial charge is 0.324 e. The van der Waals surface area contributed by atoms with Crippen LogP contribution in [0, 0.1) is 0 Å². The Kier molecular flexibility index (Phi) is 5.16. The van der Waals surface area contributed by atoms with Gasteiger partial charge >= 0.3 is 5.97 Å². The van der Waals surface area contributed by atoms with Gasteiger partial charge in [-0.15, -0.1) is 0 Å². The van der Waals surface area contributed by atoms with E-state index in [9.17, 15) is 18.3 Å². The van der Waals surface area contributed by atoms with Crippen LogP contribution in [0.3, 0.4) is 0 Å². The van der Waals surface area contributed by atoms with Crippen molar-refractivity contribution in [3.63, 3.8) is 0 Å². The molecule has 1 fully saturated rings. The number of rotatable bonds is 6. The molecule has 6 heteroatoms. The van der Waals surface area contributed by atoms with Crippen LogP contribution in [0.2, 0.25) is 0 Å². The lowest BCUT2D eigenvalue weighted by atomic mass is 9.98. The Hall–Kier alpha value is -0.620. The molecule has 0 aliphatic heterocycles. The van der Waals surface area contributed by atoms with E-state index in [1.165, 1.54) is 6.92 Å². The predicted octanol–water partition coefficient (Wildman–Crippen LogP) is 1.88. The first-order valence-corrected chi connectivity index (χ1v) is 8.12. The summed E-state index contributed by atoms with van der Waals surface area (Å²) in [6.07, 6.45) is 5.07. The fourth-order valence-corrected chi connectivity index (χ4v) is 4.41. The fourth-order valence-electron chi connectivity index (χ4n) is 2.47. The zero-order valence-electron chi connectivity index (χ0n) is 11.1. The molecule has 0 aromatic heterocycles. The molecule has 0 radical (unpaired) electrons. The Morgan fingerprint density at radius 2 is 1.89 bits per heavy atom. The number of carboxylic acids is 1. The number of carboxylic acid groups (broad SMARTS) is 1. The van der Waals surface area contributed by atoms with Gasteiger partial charge in [-0.1, -0.05) is 32.6 Å². The highest BCUT2D eigenvalue weighted by Crippen LogP contribution is 2.25. The van der Waals surface area contributed by atoms with Crippen molar-refractivity contribution >= 4 is 16.0 Å². The quantitative estimate of drug-likeness (QED) is 0.776. The van der Waals surface area contributed by atoms with E-state index in [4.69, 9.17) is 0 Å². The van der Waals surface area contributed by atoms with Crippen LogP contribution in [0.25, 0.3) is 0 Å². The van der Waals surface area contributed by atoms with Crippen molar-refractivity contribution in [1.29, 1.82) is 0 Å². The number of hydrogen-bond donors (Lipinski definition) is 2. The highest BCUT2D eigenvalue weighted by Gasteiger charge is 2.39. The minimum atomic E-state index is -3.54. The summed E-state index contributed by atoms with van der Waals surface area (Å²) < 4.78 is 26.8. The number of nitrogens with one attached hydrogen (secondary N) is 1. The molecule has 1 saturated carbocycles. The molecule has 106 valence electrons. The van der Waals surface area contributed by atoms with Crippen molar-refractivity contribution in [1.82, 2.24) is 4.72 Å². The third-order valence-electron chi connectivity index (χ3n) is 3.58. The average molecular weight is 277 g/mol. The van der Waals surface area contributed by atoms with Gasteiger partial charge in [0.1, 0.15) is 5.54 Å². The summed E-state index contributed by atoms with van der Waals surface area (Å²) in [6.45, 7) is 3.29. The molecule has 0 spiro atoms. The van der Waals surface area contributed by atoms with Gasteiger partial charge in [0.25, 0.3) is 0 Å². The summed E-state index contributed by atoms with van der Waals surface area (Å²) >= 11 is 0. The first kappa shape index (κ1) is 15.4. The Bertz CT molecular complexity index is 387. The molecule has 0 amide bonds. The molecular weight excluding hydrogens is 254 g/mol. The summed E-state index contributed by atoms with van der Waals surface area (Å²) in [5.74, 6) is -1.11. The molecule has 0 aromatic rings. The second kappa shape index (κ2) is 6.02. The molecule has 1 unspecified atom stereocenters. The molecule has 18 heavy (non-hydrogen) atoms. The lowest BCUT2D eigenvalue weighted by molar-refractivity contribution is -0.143. The van der Waals surface area contributed by atoms with E-state index in [2.05, 4.69) is 4.72 Å². The minimum Gasteiger partial charge on any atom is -0.480 e. The van der Waals surface area contributed by atoms with Crippen LogP contribution in [0.1, 0.15) is 58.8 Å². The molecule has 1 rings (SSSR count). The van der Waals surface area contributed by atoms with Crippen molar-refractivity contribution in [2.75, 3.05) is 0 Å². The summed E-state index contributed by atoms with van der Waals surface area (Å²) in [4.78, 5) is 11.2. The van der Waals surface area contributed by atoms with E-state index < -0.39 is 26.8 Å². The first-order valence-electron chi connectivity index (χ1n) is 6.58. The molecule has 0 saturated heterocycles. The second-order valence-electron chi connectivity index (χ2n) is 5.29. The zero-order chi connectivity index (χ0) is 13.8. The van der Waals surface area contributed by atoms with Gasteiger partial charge in [0.15, 0.2) is 0 Å². The number of hydrogen-bond acceptors (Lipinski definition) is 3. The van der Waals surface area contributed by atoms with Crippen LogP contribution in [0.15, 0.2) is 0 Å². The summed E-state index contributed by atoms with van der Waals surface area (Å²) in [7, 11) is -3.54. The van der Waals surface area contributed by atoms with Gasteiger partial charge in [-0.25, -0.2) is 8.42 Å². The van der Waals surface area contributed by atoms with Crippen molar-refractivity contribution in [3.05, 3.63) is 0 Å². The molecule has 1 aliphatic carbocycles. The lowest BCUT2D eigenvalue weighted by Gasteiger charge is -2.29. The van der Waals surface area contributed by atoms with Crippen LogP contribution in [0.5, 0.6) is 0 Å². The molecule has 2 N–H and O–H groups in total. The SMILES string of the molecule is CCCC(C)(NS(=O)(=O)C1CCCCC1)C(=O)O. The highest BCUT2D eigenvalue weighted by molar-refractivity contribution is 7.90. The van der Waals surface area contributed by atoms with Crippen LogP contribution < -0.4 is 4.72 Å². The molecule has 0 aromatic carbocycles. The third kappa shape index (κ3) is 3.68. The van der Waals surface area contributed by atoms with Crippen molar-refractivity contribution in [2.45, 2.75) is 69.6 Å². The van der Waals surface area contributed by atoms with Crippen LogP contribution in [-0.4, -0.2) is 30.3 Å². The van der Waals surface area contributed by atoms with Crippen molar-refractivity contribution < 1.29 is 18.3 Å². The van der Waals surface area contributed by atoms with Crippen LogP contribution in [0.4, 0.5) is 0 Å². The Labute approximate surface area is 109 Å². The maximum atomic E-state index is 12.2. The van der Waals surface area contributed by atoms with Crippen LogP contribution >= 0.6 is 0 Å². The van der Waals surface area contributed by atoms with E-state index in [1.54, 1.807) is 0 Å². The lowest BCUT2D eigenvalue weighted by Crippen LogP contribution is -2.54. The molecule has 5 nitrogen and oxygen atoms in total. The standard InChI is InChI=1S/C12H23NO4S/c1-3-9-12(2,11(14)15)13-18(16,17)10-7-5-4-6-8-10/h10,13H,3-9H2,1-2H3,(H,14,15). The molecule has 0 bridgehead atoms. The topological polar surface area (TPSA) is 83.5 Å². The highest BCUT2D eigenvalue weighted by atomic mass is 32.2. The van der Waals surface area contributed by atoms with Gasteiger partial charge in [-0.2, -0.15) is 4.72 Å². The number of aliphatic carboxylic acids is 1. The van der Waals surface area contributed by atoms with Gasteiger partial charge in [0.2, 0.25) is 10.0 Å². The Morgan fingerprint density at radius 3 is 2.33 bits per heavy atom. The van der Waals surface area contributed by atoms with E-state index in [1.807, 2.05) is 6.92 Å². The zero-order valence-corrected chi connectivity index (χ0v) is 11.9. The molecule has 0 heterocycles. The fraction of sp³-hybridized carbons (Fsp3) is 0.917. The molecule has 1 atom stereocenters. The third-order valence-corrected chi connectivity index (χ3v) is 5.66. The first-order chi connectivity index (χ1) is 8.32. The Morgan fingerprint density at radius 1 is 1.33 bits per heavy atom. The molecule has 1 aliphatic rings. The van der Waals surface area contributed by atoms with E-state index in [0.29, 0.717) is 25.7 Å². The van der Waals surface area contributed by atoms with E-state index in [-0.39, 0.29) is 0 Å². The van der Waals surface area contributed by atoms with Crippen molar-refractivity contribution in [3.8, 4) is 0 Å². The minimum absolute atomic E-state index is 0.300. The maximum absolute atomic E-state index is 12.2. The van der Waals surface area contributed by atoms with E-state index >= 15 is 0 Å². The van der Waals surface area contributed by atoms with Gasteiger partial charge in [-0.05, 0) is 26.2 Å². The summed E-state index contributed by atoms with van der Waals surface area (Å²) in [5.41, 5.74) is -1.38. The van der Waals surface area contributed by atoms with Gasteiger partial charge < -0.3 is 5.11 Å². The Balaban J connectivity index is 2.81. The van der Waals surface area contributed by atoms with Crippen molar-refractivity contribution in [2.24, 2.45) is 0 Å². The molecular formula is C12H23NO4S. The second-order valence-corrected chi connectivity index (χ2v) is 7.26. The predicted molar refractivity (Wildman–Crippen MR) is 69.9 cm³/mol. The van der Waals surface area contributed by atoms with Gasteiger partial charge in [0, 0.05) is 0 Å². The summed E-state index contributed by atoms with van der Waals surface area (Å²) in [5, 5.41) is 8.77. The summed E-state index contributed by atoms with van der Waals surface area (Å²) in [6, 6.07) is 0. The van der Waals surface area contributed by atoms with Gasteiger partial charge in [-0.3, -0.25) is 4.79 Å². The number of carbonyl (C=O) groups is 1. The van der Waals surface area contributed by atoms with Gasteiger partial charge in [0.05, 0.1) is 5.25 Å².